The zero-order chi connectivity index (χ0) is 10.8. The Hall–Kier alpha value is -1.31. The Morgan fingerprint density at radius 1 is 1.29 bits per heavy atom. The summed E-state index contributed by atoms with van der Waals surface area (Å²) < 4.78 is 0. The molecule has 0 spiro atoms. The van der Waals surface area contributed by atoms with Crippen LogP contribution in [0.15, 0.2) is 30.3 Å². The van der Waals surface area contributed by atoms with Gasteiger partial charge in [0.15, 0.2) is 0 Å². The maximum Gasteiger partial charge on any atom is 0.217 e. The van der Waals surface area contributed by atoms with Crippen LogP contribution in [-0.2, 0) is 11.3 Å². The first kappa shape index (κ1) is 12.7. The highest BCUT2D eigenvalue weighted by Crippen LogP contribution is 1.96. The average Bonchev–Trinajstić information content (AvgIpc) is 2.18. The molecule has 1 N–H and O–H groups in total. The molecule has 0 atom stereocenters. The van der Waals surface area contributed by atoms with Crippen LogP contribution in [0.4, 0.5) is 0 Å². The number of hydrogen-bond donors (Lipinski definition) is 1. The van der Waals surface area contributed by atoms with Gasteiger partial charge in [0.05, 0.1) is 0 Å². The van der Waals surface area contributed by atoms with Gasteiger partial charge in [-0.3, -0.25) is 4.79 Å². The summed E-state index contributed by atoms with van der Waals surface area (Å²) >= 11 is 0. The van der Waals surface area contributed by atoms with E-state index in [9.17, 15) is 4.79 Å². The van der Waals surface area contributed by atoms with Gasteiger partial charge in [-0.25, -0.2) is 0 Å². The SMILES string of the molecule is CC(=O)NCc1ccccc1.CCC.[HH]. The molecule has 0 fully saturated rings. The lowest BCUT2D eigenvalue weighted by atomic mass is 10.2. The van der Waals surface area contributed by atoms with Crippen LogP contribution in [-0.4, -0.2) is 5.91 Å². The van der Waals surface area contributed by atoms with E-state index in [1.807, 2.05) is 30.3 Å². The van der Waals surface area contributed by atoms with Crippen molar-refractivity contribution in [2.24, 2.45) is 0 Å². The zero-order valence-corrected chi connectivity index (χ0v) is 9.21. The highest BCUT2D eigenvalue weighted by Gasteiger charge is 1.91. The number of amides is 1. The smallest absolute Gasteiger partial charge is 0.217 e. The molecule has 1 rings (SSSR count). The zero-order valence-electron chi connectivity index (χ0n) is 9.21. The largest absolute Gasteiger partial charge is 0.352 e. The molecule has 0 heterocycles. The van der Waals surface area contributed by atoms with Crippen molar-refractivity contribution >= 4 is 5.91 Å². The summed E-state index contributed by atoms with van der Waals surface area (Å²) in [6.45, 7) is 6.39. The van der Waals surface area contributed by atoms with Crippen molar-refractivity contribution in [2.45, 2.75) is 33.7 Å². The summed E-state index contributed by atoms with van der Waals surface area (Å²) in [4.78, 5) is 10.5. The Bertz CT molecular complexity index is 249. The van der Waals surface area contributed by atoms with Crippen molar-refractivity contribution in [3.63, 3.8) is 0 Å². The van der Waals surface area contributed by atoms with E-state index in [0.717, 1.165) is 5.56 Å². The van der Waals surface area contributed by atoms with Crippen molar-refractivity contribution < 1.29 is 6.22 Å². The minimum atomic E-state index is 0. The highest BCUT2D eigenvalue weighted by molar-refractivity contribution is 5.72. The van der Waals surface area contributed by atoms with Crippen molar-refractivity contribution in [1.29, 1.82) is 0 Å². The van der Waals surface area contributed by atoms with E-state index in [1.54, 1.807) is 0 Å². The first-order chi connectivity index (χ1) is 6.70. The van der Waals surface area contributed by atoms with Crippen LogP contribution in [0.2, 0.25) is 0 Å². The Kier molecular flexibility index (Phi) is 7.52. The fourth-order valence-electron chi connectivity index (χ4n) is 0.822. The number of hydrogen-bond acceptors (Lipinski definition) is 1. The summed E-state index contributed by atoms with van der Waals surface area (Å²) in [6.07, 6.45) is 1.25. The first-order valence-electron chi connectivity index (χ1n) is 4.99. The topological polar surface area (TPSA) is 29.1 Å². The Morgan fingerprint density at radius 3 is 2.21 bits per heavy atom. The first-order valence-corrected chi connectivity index (χ1v) is 4.99. The Morgan fingerprint density at radius 2 is 1.79 bits per heavy atom. The molecule has 14 heavy (non-hydrogen) atoms. The molecule has 0 saturated carbocycles. The predicted octanol–water partition coefficient (Wildman–Crippen LogP) is 2.99. The van der Waals surface area contributed by atoms with Crippen LogP contribution in [0.25, 0.3) is 0 Å². The van der Waals surface area contributed by atoms with Gasteiger partial charge in [0, 0.05) is 14.9 Å². The van der Waals surface area contributed by atoms with Crippen LogP contribution < -0.4 is 5.32 Å². The minimum Gasteiger partial charge on any atom is -0.352 e. The number of nitrogens with one attached hydrogen (secondary N) is 1. The average molecular weight is 195 g/mol. The number of rotatable bonds is 2. The lowest BCUT2D eigenvalue weighted by molar-refractivity contribution is -0.119. The molecule has 0 aromatic heterocycles. The van der Waals surface area contributed by atoms with Crippen molar-refractivity contribution in [2.75, 3.05) is 0 Å². The number of carbonyl (C=O) groups is 1. The van der Waals surface area contributed by atoms with Gasteiger partial charge in [-0.2, -0.15) is 0 Å². The van der Waals surface area contributed by atoms with Gasteiger partial charge >= 0.3 is 0 Å². The normalized spacial score (nSPS) is 8.50. The van der Waals surface area contributed by atoms with E-state index in [4.69, 9.17) is 0 Å². The quantitative estimate of drug-likeness (QED) is 0.772. The summed E-state index contributed by atoms with van der Waals surface area (Å²) in [6, 6.07) is 9.83. The van der Waals surface area contributed by atoms with Crippen LogP contribution in [0, 0.1) is 0 Å². The second-order valence-electron chi connectivity index (χ2n) is 3.10. The molecule has 1 aromatic carbocycles. The molecule has 0 bridgehead atoms. The molecule has 0 unspecified atom stereocenters. The summed E-state index contributed by atoms with van der Waals surface area (Å²) in [5, 5.41) is 2.72. The molecule has 2 nitrogen and oxygen atoms in total. The Labute approximate surface area is 87.8 Å². The second-order valence-corrected chi connectivity index (χ2v) is 3.10. The fourth-order valence-corrected chi connectivity index (χ4v) is 0.822. The van der Waals surface area contributed by atoms with Crippen molar-refractivity contribution in [1.82, 2.24) is 5.32 Å². The summed E-state index contributed by atoms with van der Waals surface area (Å²) in [7, 11) is 0. The van der Waals surface area contributed by atoms with Crippen molar-refractivity contribution in [3.8, 4) is 0 Å². The lowest BCUT2D eigenvalue weighted by Gasteiger charge is -2.00. The third kappa shape index (κ3) is 7.35. The molecule has 0 saturated heterocycles. The van der Waals surface area contributed by atoms with Crippen LogP contribution in [0.1, 0.15) is 34.2 Å². The second kappa shape index (κ2) is 8.30. The molecule has 0 aliphatic rings. The lowest BCUT2D eigenvalue weighted by Crippen LogP contribution is -2.18. The van der Waals surface area contributed by atoms with Gasteiger partial charge in [-0.15, -0.1) is 0 Å². The van der Waals surface area contributed by atoms with Gasteiger partial charge < -0.3 is 5.32 Å². The minimum absolute atomic E-state index is 0. The molecule has 1 aromatic rings. The maximum atomic E-state index is 10.5. The van der Waals surface area contributed by atoms with E-state index < -0.39 is 0 Å². The molecule has 0 aliphatic heterocycles. The fraction of sp³-hybridized carbons (Fsp3) is 0.417. The van der Waals surface area contributed by atoms with Gasteiger partial charge in [0.2, 0.25) is 5.91 Å². The highest BCUT2D eigenvalue weighted by atomic mass is 16.1. The molecule has 0 radical (unpaired) electrons. The molecule has 1 amide bonds. The van der Waals surface area contributed by atoms with E-state index >= 15 is 0 Å². The summed E-state index contributed by atoms with van der Waals surface area (Å²) in [5.74, 6) is 0.00820. The molecule has 2 heteroatoms. The Balaban J connectivity index is 0. The number of benzene rings is 1. The predicted molar refractivity (Wildman–Crippen MR) is 62.0 cm³/mol. The molecular weight excluding hydrogens is 174 g/mol. The van der Waals surface area contributed by atoms with E-state index in [-0.39, 0.29) is 7.33 Å². The molecule has 80 valence electrons. The van der Waals surface area contributed by atoms with Crippen LogP contribution in [0.5, 0.6) is 0 Å². The van der Waals surface area contributed by atoms with Gasteiger partial charge in [-0.05, 0) is 5.56 Å². The number of carbonyl (C=O) groups excluding carboxylic acids is 1. The maximum absolute atomic E-state index is 10.5. The van der Waals surface area contributed by atoms with Gasteiger partial charge in [0.1, 0.15) is 0 Å². The van der Waals surface area contributed by atoms with E-state index in [0.29, 0.717) is 6.54 Å². The van der Waals surface area contributed by atoms with E-state index in [1.165, 1.54) is 13.3 Å². The third-order valence-corrected chi connectivity index (χ3v) is 1.38. The van der Waals surface area contributed by atoms with Crippen LogP contribution in [0.3, 0.4) is 0 Å². The monoisotopic (exact) mass is 195 g/mol. The van der Waals surface area contributed by atoms with Gasteiger partial charge in [0.25, 0.3) is 0 Å². The van der Waals surface area contributed by atoms with Crippen molar-refractivity contribution in [3.05, 3.63) is 35.9 Å². The van der Waals surface area contributed by atoms with Gasteiger partial charge in [-0.1, -0.05) is 50.6 Å². The standard InChI is InChI=1S/C9H11NO.C3H8.H2/c1-8(11)10-7-9-5-3-2-4-6-9;1-3-2;/h2-6H,7H2,1H3,(H,10,11);3H2,1-2H3;1H. The van der Waals surface area contributed by atoms with E-state index in [2.05, 4.69) is 19.2 Å². The third-order valence-electron chi connectivity index (χ3n) is 1.38. The van der Waals surface area contributed by atoms with Crippen LogP contribution >= 0.6 is 0 Å². The molecule has 0 aliphatic carbocycles. The molecular formula is C12H21NO. The summed E-state index contributed by atoms with van der Waals surface area (Å²) in [5.41, 5.74) is 1.13.